The molecule has 7 heteroatoms. The van der Waals surface area contributed by atoms with E-state index in [0.717, 1.165) is 15.4 Å². The standard InChI is InChI=1S/C17H20N4S3/c1-11-6-7-15(13(8-11)10-23-17(20)21)24-14-5-3-2-4-12(14)9-22-16(18)19/h2-8H,9-10H2,1H3,(H3,18,19)(H3,20,21). The maximum atomic E-state index is 7.42. The van der Waals surface area contributed by atoms with Gasteiger partial charge in [0.1, 0.15) is 0 Å². The van der Waals surface area contributed by atoms with Gasteiger partial charge in [-0.3, -0.25) is 10.8 Å². The first-order valence-corrected chi connectivity index (χ1v) is 10.0. The van der Waals surface area contributed by atoms with E-state index in [-0.39, 0.29) is 10.3 Å². The average Bonchev–Trinajstić information content (AvgIpc) is 2.54. The highest BCUT2D eigenvalue weighted by Gasteiger charge is 2.10. The predicted octanol–water partition coefficient (Wildman–Crippen LogP) is 4.40. The van der Waals surface area contributed by atoms with Gasteiger partial charge in [-0.1, -0.05) is 71.2 Å². The summed E-state index contributed by atoms with van der Waals surface area (Å²) in [5.74, 6) is 1.37. The molecule has 0 aliphatic rings. The first kappa shape index (κ1) is 18.8. The van der Waals surface area contributed by atoms with Crippen LogP contribution < -0.4 is 11.5 Å². The molecule has 0 unspecified atom stereocenters. The predicted molar refractivity (Wildman–Crippen MR) is 108 cm³/mol. The molecule has 0 aromatic heterocycles. The summed E-state index contributed by atoms with van der Waals surface area (Å²) >= 11 is 4.37. The maximum absolute atomic E-state index is 7.42. The van der Waals surface area contributed by atoms with Gasteiger partial charge in [0.25, 0.3) is 0 Å². The largest absolute Gasteiger partial charge is 0.379 e. The summed E-state index contributed by atoms with van der Waals surface area (Å²) in [4.78, 5) is 2.32. The van der Waals surface area contributed by atoms with Crippen LogP contribution in [0.2, 0.25) is 0 Å². The van der Waals surface area contributed by atoms with E-state index >= 15 is 0 Å². The Labute approximate surface area is 155 Å². The Morgan fingerprint density at radius 1 is 0.875 bits per heavy atom. The Kier molecular flexibility index (Phi) is 7.08. The van der Waals surface area contributed by atoms with E-state index in [1.54, 1.807) is 11.8 Å². The summed E-state index contributed by atoms with van der Waals surface area (Å²) in [6.07, 6.45) is 0. The lowest BCUT2D eigenvalue weighted by molar-refractivity contribution is 1.22. The zero-order valence-corrected chi connectivity index (χ0v) is 15.8. The first-order valence-electron chi connectivity index (χ1n) is 7.24. The van der Waals surface area contributed by atoms with Crippen LogP contribution in [-0.2, 0) is 11.5 Å². The van der Waals surface area contributed by atoms with Gasteiger partial charge in [0, 0.05) is 21.3 Å². The molecule has 0 bridgehead atoms. The molecule has 0 spiro atoms. The van der Waals surface area contributed by atoms with E-state index < -0.39 is 0 Å². The van der Waals surface area contributed by atoms with Crippen molar-refractivity contribution in [1.29, 1.82) is 10.8 Å². The molecule has 0 fully saturated rings. The second kappa shape index (κ2) is 9.05. The quantitative estimate of drug-likeness (QED) is 0.442. The second-order valence-electron chi connectivity index (χ2n) is 5.13. The highest BCUT2D eigenvalue weighted by molar-refractivity contribution is 8.13. The van der Waals surface area contributed by atoms with E-state index in [9.17, 15) is 0 Å². The van der Waals surface area contributed by atoms with E-state index in [1.807, 2.05) is 12.1 Å². The van der Waals surface area contributed by atoms with Gasteiger partial charge in [0.05, 0.1) is 0 Å². The number of benzene rings is 2. The molecule has 2 aromatic carbocycles. The van der Waals surface area contributed by atoms with E-state index in [0.29, 0.717) is 11.5 Å². The molecule has 0 amide bonds. The third kappa shape index (κ3) is 5.81. The molecular formula is C17H20N4S3. The van der Waals surface area contributed by atoms with Crippen molar-refractivity contribution in [3.05, 3.63) is 59.2 Å². The van der Waals surface area contributed by atoms with Crippen LogP contribution in [0.15, 0.2) is 52.3 Å². The number of nitrogens with one attached hydrogen (secondary N) is 2. The van der Waals surface area contributed by atoms with Crippen LogP contribution in [0.1, 0.15) is 16.7 Å². The molecule has 2 rings (SSSR count). The number of nitrogens with two attached hydrogens (primary N) is 2. The van der Waals surface area contributed by atoms with Crippen molar-refractivity contribution < 1.29 is 0 Å². The van der Waals surface area contributed by atoms with Crippen molar-refractivity contribution >= 4 is 45.6 Å². The van der Waals surface area contributed by atoms with Gasteiger partial charge in [-0.2, -0.15) is 0 Å². The van der Waals surface area contributed by atoms with Crippen molar-refractivity contribution in [3.8, 4) is 0 Å². The third-order valence-corrected chi connectivity index (χ3v) is 5.94. The van der Waals surface area contributed by atoms with Crippen molar-refractivity contribution in [2.45, 2.75) is 28.2 Å². The molecule has 0 radical (unpaired) electrons. The number of hydrogen-bond donors (Lipinski definition) is 4. The molecule has 24 heavy (non-hydrogen) atoms. The molecule has 126 valence electrons. The zero-order valence-electron chi connectivity index (χ0n) is 13.3. The highest BCUT2D eigenvalue weighted by Crippen LogP contribution is 2.35. The number of amidine groups is 2. The smallest absolute Gasteiger partial charge is 0.151 e. The number of aryl methyl sites for hydroxylation is 1. The van der Waals surface area contributed by atoms with Crippen LogP contribution in [0.4, 0.5) is 0 Å². The SMILES string of the molecule is Cc1ccc(Sc2ccccc2CSC(=N)N)c(CSC(=N)N)c1. The minimum Gasteiger partial charge on any atom is -0.379 e. The Hall–Kier alpha value is -1.57. The Bertz CT molecular complexity index is 746. The van der Waals surface area contributed by atoms with Gasteiger partial charge in [-0.05, 0) is 30.2 Å². The van der Waals surface area contributed by atoms with Gasteiger partial charge in [-0.15, -0.1) is 0 Å². The third-order valence-electron chi connectivity index (χ3n) is 3.17. The normalized spacial score (nSPS) is 10.5. The summed E-state index contributed by atoms with van der Waals surface area (Å²) in [6.45, 7) is 2.06. The molecule has 0 atom stereocenters. The molecule has 0 aliphatic carbocycles. The van der Waals surface area contributed by atoms with E-state index in [2.05, 4.69) is 37.3 Å². The zero-order chi connectivity index (χ0) is 17.5. The van der Waals surface area contributed by atoms with Crippen LogP contribution in [0.3, 0.4) is 0 Å². The van der Waals surface area contributed by atoms with Crippen LogP contribution in [0.25, 0.3) is 0 Å². The van der Waals surface area contributed by atoms with Gasteiger partial charge in [-0.25, -0.2) is 0 Å². The van der Waals surface area contributed by atoms with E-state index in [1.165, 1.54) is 34.7 Å². The fourth-order valence-electron chi connectivity index (χ4n) is 2.07. The summed E-state index contributed by atoms with van der Waals surface area (Å²) in [5.41, 5.74) is 14.5. The van der Waals surface area contributed by atoms with Crippen LogP contribution in [-0.4, -0.2) is 10.3 Å². The number of thioether (sulfide) groups is 2. The maximum Gasteiger partial charge on any atom is 0.151 e. The summed E-state index contributed by atoms with van der Waals surface area (Å²) in [7, 11) is 0. The van der Waals surface area contributed by atoms with Gasteiger partial charge >= 0.3 is 0 Å². The van der Waals surface area contributed by atoms with E-state index in [4.69, 9.17) is 22.3 Å². The molecule has 0 aliphatic heterocycles. The number of rotatable bonds is 6. The van der Waals surface area contributed by atoms with Gasteiger partial charge < -0.3 is 11.5 Å². The first-order chi connectivity index (χ1) is 11.5. The summed E-state index contributed by atoms with van der Waals surface area (Å²) in [6, 6.07) is 14.5. The molecule has 4 nitrogen and oxygen atoms in total. The Morgan fingerprint density at radius 2 is 1.46 bits per heavy atom. The van der Waals surface area contributed by atoms with Crippen LogP contribution in [0, 0.1) is 17.7 Å². The molecular weight excluding hydrogens is 356 g/mol. The molecule has 6 N–H and O–H groups in total. The Morgan fingerprint density at radius 3 is 2.12 bits per heavy atom. The van der Waals surface area contributed by atoms with Crippen molar-refractivity contribution in [2.75, 3.05) is 0 Å². The second-order valence-corrected chi connectivity index (χ2v) is 8.24. The van der Waals surface area contributed by atoms with Crippen LogP contribution >= 0.6 is 35.3 Å². The molecule has 2 aromatic rings. The van der Waals surface area contributed by atoms with Crippen molar-refractivity contribution in [2.24, 2.45) is 11.5 Å². The summed E-state index contributed by atoms with van der Waals surface area (Å²) in [5, 5.41) is 15.1. The topological polar surface area (TPSA) is 99.7 Å². The lowest BCUT2D eigenvalue weighted by atomic mass is 10.2. The van der Waals surface area contributed by atoms with Crippen molar-refractivity contribution in [3.63, 3.8) is 0 Å². The molecule has 0 saturated heterocycles. The van der Waals surface area contributed by atoms with Gasteiger partial charge in [0.15, 0.2) is 10.3 Å². The Balaban J connectivity index is 2.24. The summed E-state index contributed by atoms with van der Waals surface area (Å²) < 4.78 is 0. The average molecular weight is 377 g/mol. The monoisotopic (exact) mass is 376 g/mol. The lowest BCUT2D eigenvalue weighted by Gasteiger charge is -2.13. The number of hydrogen-bond acceptors (Lipinski definition) is 5. The van der Waals surface area contributed by atoms with Gasteiger partial charge in [0.2, 0.25) is 0 Å². The van der Waals surface area contributed by atoms with Crippen molar-refractivity contribution in [1.82, 2.24) is 0 Å². The minimum atomic E-state index is 0.128. The minimum absolute atomic E-state index is 0.128. The molecule has 0 heterocycles. The fourth-order valence-corrected chi connectivity index (χ4v) is 4.42. The molecule has 0 saturated carbocycles. The highest BCUT2D eigenvalue weighted by atomic mass is 32.2. The fraction of sp³-hybridized carbons (Fsp3) is 0.176. The van der Waals surface area contributed by atoms with Crippen LogP contribution in [0.5, 0.6) is 0 Å². The lowest BCUT2D eigenvalue weighted by Crippen LogP contribution is -2.04.